The van der Waals surface area contributed by atoms with Crippen molar-refractivity contribution in [2.24, 2.45) is 0 Å². The van der Waals surface area contributed by atoms with E-state index in [0.29, 0.717) is 0 Å². The predicted molar refractivity (Wildman–Crippen MR) is 47.5 cm³/mol. The van der Waals surface area contributed by atoms with Crippen molar-refractivity contribution in [2.75, 3.05) is 19.8 Å². The highest BCUT2D eigenvalue weighted by Gasteiger charge is 2.21. The lowest BCUT2D eigenvalue weighted by atomic mass is 10.2. The van der Waals surface area contributed by atoms with Crippen LogP contribution in [-0.4, -0.2) is 37.7 Å². The summed E-state index contributed by atoms with van der Waals surface area (Å²) in [6.45, 7) is 2.74. The molecule has 1 fully saturated rings. The number of rotatable bonds is 2. The van der Waals surface area contributed by atoms with Gasteiger partial charge >= 0.3 is 0 Å². The van der Waals surface area contributed by atoms with Gasteiger partial charge in [-0.25, -0.2) is 13.4 Å². The Morgan fingerprint density at radius 2 is 2.08 bits per heavy atom. The third-order valence-electron chi connectivity index (χ3n) is 2.02. The van der Waals surface area contributed by atoms with E-state index in [1.54, 1.807) is 12.1 Å². The molecular weight excluding hydrogens is 176 g/mol. The normalized spacial score (nSPS) is 21.6. The molecule has 1 saturated heterocycles. The lowest BCUT2D eigenvalue weighted by Gasteiger charge is -2.32. The van der Waals surface area contributed by atoms with E-state index in [1.165, 1.54) is 10.7 Å². The van der Waals surface area contributed by atoms with Gasteiger partial charge in [0.15, 0.2) is 0 Å². The second-order valence-electron chi connectivity index (χ2n) is 3.04. The number of sulfonamides is 1. The smallest absolute Gasteiger partial charge is 0.223 e. The number of hydrogen-bond acceptors (Lipinski definition) is 3. The van der Waals surface area contributed by atoms with Crippen LogP contribution in [0.1, 0.15) is 19.3 Å². The zero-order chi connectivity index (χ0) is 9.19. The second kappa shape index (κ2) is 3.72. The average molecular weight is 191 g/mol. The van der Waals surface area contributed by atoms with Crippen molar-refractivity contribution in [3.63, 3.8) is 0 Å². The minimum absolute atomic E-state index is 0.809. The molecule has 1 radical (unpaired) electrons. The maximum Gasteiger partial charge on any atom is 0.223 e. The Morgan fingerprint density at radius 1 is 1.42 bits per heavy atom. The van der Waals surface area contributed by atoms with Crippen LogP contribution >= 0.6 is 0 Å². The number of hydrazine groups is 1. The number of hydrogen-bond donors (Lipinski definition) is 0. The maximum atomic E-state index is 11.1. The highest BCUT2D eigenvalue weighted by molar-refractivity contribution is 7.88. The Hall–Kier alpha value is -0.130. The molecule has 0 aromatic carbocycles. The van der Waals surface area contributed by atoms with E-state index in [1.807, 2.05) is 6.54 Å². The first-order valence-corrected chi connectivity index (χ1v) is 5.90. The van der Waals surface area contributed by atoms with E-state index in [4.69, 9.17) is 0 Å². The van der Waals surface area contributed by atoms with Crippen molar-refractivity contribution < 1.29 is 8.42 Å². The molecule has 4 nitrogen and oxygen atoms in total. The molecule has 0 aromatic rings. The minimum Gasteiger partial charge on any atom is -0.224 e. The Kier molecular flexibility index (Phi) is 3.09. The van der Waals surface area contributed by atoms with Crippen molar-refractivity contribution in [1.82, 2.24) is 9.42 Å². The highest BCUT2D eigenvalue weighted by Crippen LogP contribution is 2.15. The van der Waals surface area contributed by atoms with Crippen LogP contribution in [0.2, 0.25) is 0 Å². The fourth-order valence-electron chi connectivity index (χ4n) is 1.20. The SMILES string of the molecule is CN(N1[CH]CCCC1)S(C)(=O)=O. The van der Waals surface area contributed by atoms with Crippen LogP contribution < -0.4 is 0 Å². The number of nitrogens with zero attached hydrogens (tertiary/aromatic N) is 2. The van der Waals surface area contributed by atoms with Crippen LogP contribution in [0.3, 0.4) is 0 Å². The maximum absolute atomic E-state index is 11.1. The summed E-state index contributed by atoms with van der Waals surface area (Å²) in [6, 6.07) is 0. The van der Waals surface area contributed by atoms with E-state index >= 15 is 0 Å². The summed E-state index contributed by atoms with van der Waals surface area (Å²) in [6.07, 6.45) is 4.42. The summed E-state index contributed by atoms with van der Waals surface area (Å²) in [5.74, 6) is 0. The minimum atomic E-state index is -3.07. The van der Waals surface area contributed by atoms with Gasteiger partial charge in [0.1, 0.15) is 0 Å². The van der Waals surface area contributed by atoms with Crippen LogP contribution in [0.25, 0.3) is 0 Å². The molecule has 0 spiro atoms. The van der Waals surface area contributed by atoms with Crippen LogP contribution in [0.15, 0.2) is 0 Å². The molecule has 0 aromatic heterocycles. The quantitative estimate of drug-likeness (QED) is 0.636. The summed E-state index contributed by atoms with van der Waals surface area (Å²) >= 11 is 0. The van der Waals surface area contributed by atoms with Gasteiger partial charge in [-0.15, -0.1) is 4.41 Å². The van der Waals surface area contributed by atoms with Gasteiger partial charge in [-0.05, 0) is 12.8 Å². The van der Waals surface area contributed by atoms with Crippen molar-refractivity contribution in [1.29, 1.82) is 0 Å². The van der Waals surface area contributed by atoms with Gasteiger partial charge in [-0.1, -0.05) is 6.42 Å². The molecule has 0 saturated carbocycles. The Balaban J connectivity index is 2.57. The first-order valence-electron chi connectivity index (χ1n) is 4.05. The topological polar surface area (TPSA) is 40.6 Å². The molecule has 1 aliphatic rings. The molecule has 0 unspecified atom stereocenters. The third kappa shape index (κ3) is 2.43. The Bertz CT molecular complexity index is 232. The Labute approximate surface area is 74.2 Å². The molecule has 0 aliphatic carbocycles. The zero-order valence-corrected chi connectivity index (χ0v) is 8.34. The van der Waals surface area contributed by atoms with Crippen molar-refractivity contribution >= 4 is 10.0 Å². The molecule has 12 heavy (non-hydrogen) atoms. The Morgan fingerprint density at radius 3 is 2.50 bits per heavy atom. The molecule has 1 heterocycles. The molecule has 71 valence electrons. The highest BCUT2D eigenvalue weighted by atomic mass is 32.2. The van der Waals surface area contributed by atoms with Gasteiger partial charge in [0.05, 0.1) is 6.26 Å². The molecule has 1 aliphatic heterocycles. The molecule has 5 heteroatoms. The standard InChI is InChI=1S/C7H15N2O2S/c1-8(12(2,10)11)9-6-4-3-5-7-9/h6H,3-5,7H2,1-2H3. The van der Waals surface area contributed by atoms with E-state index < -0.39 is 10.0 Å². The lowest BCUT2D eigenvalue weighted by Crippen LogP contribution is -2.43. The first-order chi connectivity index (χ1) is 5.52. The average Bonchev–Trinajstić information content (AvgIpc) is 2.03. The molecule has 0 N–H and O–H groups in total. The summed E-state index contributed by atoms with van der Waals surface area (Å²) in [4.78, 5) is 0. The molecule has 1 rings (SSSR count). The van der Waals surface area contributed by atoms with Gasteiger partial charge in [0.25, 0.3) is 0 Å². The lowest BCUT2D eigenvalue weighted by molar-refractivity contribution is 0.0994. The molecule has 0 amide bonds. The monoisotopic (exact) mass is 191 g/mol. The number of piperidine rings is 1. The van der Waals surface area contributed by atoms with Gasteiger partial charge in [0.2, 0.25) is 10.0 Å². The van der Waals surface area contributed by atoms with Crippen LogP contribution in [-0.2, 0) is 10.0 Å². The molecular formula is C7H15N2O2S. The fraction of sp³-hybridized carbons (Fsp3) is 0.857. The zero-order valence-electron chi connectivity index (χ0n) is 7.52. The van der Waals surface area contributed by atoms with Gasteiger partial charge in [-0.3, -0.25) is 0 Å². The van der Waals surface area contributed by atoms with Crippen molar-refractivity contribution in [3.8, 4) is 0 Å². The largest absolute Gasteiger partial charge is 0.224 e. The summed E-state index contributed by atoms with van der Waals surface area (Å²) in [5, 5.41) is 1.76. The second-order valence-corrected chi connectivity index (χ2v) is 5.03. The van der Waals surface area contributed by atoms with Gasteiger partial charge in [-0.2, -0.15) is 0 Å². The van der Waals surface area contributed by atoms with Crippen molar-refractivity contribution in [2.45, 2.75) is 19.3 Å². The van der Waals surface area contributed by atoms with E-state index in [-0.39, 0.29) is 0 Å². The van der Waals surface area contributed by atoms with Gasteiger partial charge < -0.3 is 0 Å². The summed E-state index contributed by atoms with van der Waals surface area (Å²) in [7, 11) is -1.49. The fourth-order valence-corrected chi connectivity index (χ4v) is 1.73. The molecule has 0 bridgehead atoms. The summed E-state index contributed by atoms with van der Waals surface area (Å²) < 4.78 is 23.5. The van der Waals surface area contributed by atoms with Crippen molar-refractivity contribution in [3.05, 3.63) is 6.54 Å². The van der Waals surface area contributed by atoms with E-state index in [0.717, 1.165) is 25.8 Å². The molecule has 0 atom stereocenters. The van der Waals surface area contributed by atoms with Crippen LogP contribution in [0.5, 0.6) is 0 Å². The predicted octanol–water partition coefficient (Wildman–Crippen LogP) is 0.440. The first kappa shape index (κ1) is 9.95. The van der Waals surface area contributed by atoms with E-state index in [9.17, 15) is 8.42 Å². The van der Waals surface area contributed by atoms with Gasteiger partial charge in [0, 0.05) is 20.1 Å². The summed E-state index contributed by atoms with van der Waals surface area (Å²) in [5.41, 5.74) is 0. The van der Waals surface area contributed by atoms with Crippen LogP contribution in [0.4, 0.5) is 0 Å². The van der Waals surface area contributed by atoms with E-state index in [2.05, 4.69) is 0 Å². The third-order valence-corrected chi connectivity index (χ3v) is 3.19. The van der Waals surface area contributed by atoms with Crippen LogP contribution in [0, 0.1) is 6.54 Å².